The molecule has 0 N–H and O–H groups in total. The Bertz CT molecular complexity index is 653. The molecule has 0 aromatic heterocycles. The molecule has 0 radical (unpaired) electrons. The maximum atomic E-state index is 12.4. The molecule has 1 unspecified atom stereocenters. The first kappa shape index (κ1) is 17.8. The number of rotatable bonds is 4. The highest BCUT2D eigenvalue weighted by molar-refractivity contribution is 7.92. The molecule has 0 spiro atoms. The SMILES string of the molecule is CCOC(C)S(=O)(=O)c1c(Cl)c(Cl)c(C#N)c(Cl)c1Cl. The van der Waals surface area contributed by atoms with E-state index >= 15 is 0 Å². The highest BCUT2D eigenvalue weighted by Gasteiger charge is 2.33. The summed E-state index contributed by atoms with van der Waals surface area (Å²) < 4.78 is 29.8. The Kier molecular flexibility index (Phi) is 5.97. The van der Waals surface area contributed by atoms with E-state index in [0.29, 0.717) is 0 Å². The number of nitriles is 1. The molecule has 0 heterocycles. The second kappa shape index (κ2) is 6.69. The number of hydrogen-bond acceptors (Lipinski definition) is 4. The smallest absolute Gasteiger partial charge is 0.207 e. The van der Waals surface area contributed by atoms with Crippen molar-refractivity contribution in [2.45, 2.75) is 24.2 Å². The summed E-state index contributed by atoms with van der Waals surface area (Å²) in [5.74, 6) is 0. The Morgan fingerprint density at radius 2 is 1.60 bits per heavy atom. The van der Waals surface area contributed by atoms with Crippen LogP contribution in [0.25, 0.3) is 0 Å². The molecule has 110 valence electrons. The molecule has 20 heavy (non-hydrogen) atoms. The summed E-state index contributed by atoms with van der Waals surface area (Å²) in [7, 11) is -4.00. The summed E-state index contributed by atoms with van der Waals surface area (Å²) >= 11 is 23.6. The van der Waals surface area contributed by atoms with Crippen LogP contribution in [-0.2, 0) is 14.6 Å². The molecule has 0 aliphatic heterocycles. The minimum atomic E-state index is -4.00. The number of halogens is 4. The first-order valence-corrected chi connectivity index (χ1v) is 8.37. The van der Waals surface area contributed by atoms with Crippen LogP contribution >= 0.6 is 46.4 Å². The molecular weight excluding hydrogens is 368 g/mol. The molecular formula is C11H9Cl4NO3S. The maximum Gasteiger partial charge on any atom is 0.207 e. The molecule has 0 fully saturated rings. The Morgan fingerprint density at radius 3 is 1.95 bits per heavy atom. The van der Waals surface area contributed by atoms with Gasteiger partial charge in [-0.05, 0) is 13.8 Å². The van der Waals surface area contributed by atoms with Crippen LogP contribution in [0, 0.1) is 11.3 Å². The van der Waals surface area contributed by atoms with Gasteiger partial charge in [-0.1, -0.05) is 46.4 Å². The average molecular weight is 377 g/mol. The number of ether oxygens (including phenoxy) is 1. The topological polar surface area (TPSA) is 67.2 Å². The zero-order valence-electron chi connectivity index (χ0n) is 10.4. The molecule has 1 aromatic rings. The summed E-state index contributed by atoms with van der Waals surface area (Å²) in [5.41, 5.74) is -1.35. The molecule has 0 amide bonds. The van der Waals surface area contributed by atoms with E-state index in [2.05, 4.69) is 0 Å². The summed E-state index contributed by atoms with van der Waals surface area (Å²) in [6.07, 6.45) is 0. The minimum absolute atomic E-state index is 0.175. The van der Waals surface area contributed by atoms with Gasteiger partial charge in [-0.3, -0.25) is 0 Å². The summed E-state index contributed by atoms with van der Waals surface area (Å²) in [4.78, 5) is -0.434. The lowest BCUT2D eigenvalue weighted by Crippen LogP contribution is -2.22. The van der Waals surface area contributed by atoms with Crippen molar-refractivity contribution in [3.05, 3.63) is 25.7 Å². The molecule has 1 rings (SSSR count). The Hall–Kier alpha value is -0.220. The molecule has 0 aliphatic rings. The highest BCUT2D eigenvalue weighted by Crippen LogP contribution is 2.44. The fourth-order valence-corrected chi connectivity index (χ4v) is 4.50. The van der Waals surface area contributed by atoms with E-state index in [1.165, 1.54) is 6.92 Å². The van der Waals surface area contributed by atoms with Gasteiger partial charge in [0.1, 0.15) is 11.0 Å². The molecule has 1 atom stereocenters. The second-order valence-corrected chi connectivity index (χ2v) is 7.31. The monoisotopic (exact) mass is 375 g/mol. The van der Waals surface area contributed by atoms with Crippen molar-refractivity contribution in [1.29, 1.82) is 5.26 Å². The third-order valence-electron chi connectivity index (χ3n) is 2.46. The van der Waals surface area contributed by atoms with E-state index in [-0.39, 0.29) is 32.3 Å². The van der Waals surface area contributed by atoms with Gasteiger partial charge in [-0.2, -0.15) is 5.26 Å². The van der Waals surface area contributed by atoms with Gasteiger partial charge in [0.05, 0.1) is 25.7 Å². The lowest BCUT2D eigenvalue weighted by atomic mass is 10.2. The van der Waals surface area contributed by atoms with E-state index < -0.39 is 20.2 Å². The van der Waals surface area contributed by atoms with Crippen molar-refractivity contribution >= 4 is 56.2 Å². The fraction of sp³-hybridized carbons (Fsp3) is 0.364. The summed E-state index contributed by atoms with van der Waals surface area (Å²) in [5, 5.41) is 7.72. The van der Waals surface area contributed by atoms with Crippen molar-refractivity contribution in [2.24, 2.45) is 0 Å². The normalized spacial score (nSPS) is 13.1. The van der Waals surface area contributed by atoms with Crippen LogP contribution < -0.4 is 0 Å². The number of hydrogen-bond donors (Lipinski definition) is 0. The van der Waals surface area contributed by atoms with Crippen molar-refractivity contribution in [3.8, 4) is 6.07 Å². The lowest BCUT2D eigenvalue weighted by molar-refractivity contribution is 0.129. The van der Waals surface area contributed by atoms with E-state index in [9.17, 15) is 8.42 Å². The molecule has 0 aliphatic carbocycles. The van der Waals surface area contributed by atoms with E-state index in [4.69, 9.17) is 56.4 Å². The third kappa shape index (κ3) is 3.01. The van der Waals surface area contributed by atoms with Crippen LogP contribution in [0.1, 0.15) is 19.4 Å². The quantitative estimate of drug-likeness (QED) is 0.733. The predicted molar refractivity (Wildman–Crippen MR) is 79.5 cm³/mol. The van der Waals surface area contributed by atoms with Gasteiger partial charge in [0, 0.05) is 6.61 Å². The van der Waals surface area contributed by atoms with Crippen molar-refractivity contribution in [2.75, 3.05) is 6.61 Å². The van der Waals surface area contributed by atoms with Gasteiger partial charge >= 0.3 is 0 Å². The van der Waals surface area contributed by atoms with Gasteiger partial charge in [0.25, 0.3) is 0 Å². The summed E-state index contributed by atoms with van der Waals surface area (Å²) in [6, 6.07) is 1.72. The fourth-order valence-electron chi connectivity index (χ4n) is 1.45. The number of nitrogens with zero attached hydrogens (tertiary/aromatic N) is 1. The van der Waals surface area contributed by atoms with Crippen LogP contribution in [-0.4, -0.2) is 20.5 Å². The summed E-state index contributed by atoms with van der Waals surface area (Å²) in [6.45, 7) is 3.17. The number of sulfone groups is 1. The Labute approximate surface area is 137 Å². The minimum Gasteiger partial charge on any atom is -0.362 e. The van der Waals surface area contributed by atoms with Crippen molar-refractivity contribution < 1.29 is 13.2 Å². The van der Waals surface area contributed by atoms with Crippen LogP contribution in [0.15, 0.2) is 4.90 Å². The zero-order chi connectivity index (χ0) is 15.7. The van der Waals surface area contributed by atoms with Crippen molar-refractivity contribution in [1.82, 2.24) is 0 Å². The largest absolute Gasteiger partial charge is 0.362 e. The van der Waals surface area contributed by atoms with Crippen LogP contribution in [0.2, 0.25) is 20.1 Å². The average Bonchev–Trinajstić information content (AvgIpc) is 2.37. The predicted octanol–water partition coefficient (Wildman–Crippen LogP) is 4.33. The molecule has 0 bridgehead atoms. The zero-order valence-corrected chi connectivity index (χ0v) is 14.2. The first-order valence-electron chi connectivity index (χ1n) is 5.31. The first-order chi connectivity index (χ1) is 9.19. The number of benzene rings is 1. The van der Waals surface area contributed by atoms with E-state index in [0.717, 1.165) is 0 Å². The van der Waals surface area contributed by atoms with Gasteiger partial charge in [0.2, 0.25) is 9.84 Å². The van der Waals surface area contributed by atoms with Crippen molar-refractivity contribution in [3.63, 3.8) is 0 Å². The molecule has 0 saturated heterocycles. The lowest BCUT2D eigenvalue weighted by Gasteiger charge is -2.17. The molecule has 4 nitrogen and oxygen atoms in total. The van der Waals surface area contributed by atoms with Crippen LogP contribution in [0.5, 0.6) is 0 Å². The maximum absolute atomic E-state index is 12.4. The highest BCUT2D eigenvalue weighted by atomic mass is 35.5. The van der Waals surface area contributed by atoms with E-state index in [1.807, 2.05) is 0 Å². The van der Waals surface area contributed by atoms with Gasteiger partial charge in [-0.15, -0.1) is 0 Å². The second-order valence-electron chi connectivity index (χ2n) is 3.64. The Morgan fingerprint density at radius 1 is 1.15 bits per heavy atom. The van der Waals surface area contributed by atoms with Crippen LogP contribution in [0.4, 0.5) is 0 Å². The Balaban J connectivity index is 3.69. The van der Waals surface area contributed by atoms with E-state index in [1.54, 1.807) is 13.0 Å². The molecule has 0 saturated carbocycles. The van der Waals surface area contributed by atoms with Gasteiger partial charge in [-0.25, -0.2) is 8.42 Å². The van der Waals surface area contributed by atoms with Crippen LogP contribution in [0.3, 0.4) is 0 Å². The van der Waals surface area contributed by atoms with Gasteiger partial charge < -0.3 is 4.74 Å². The van der Waals surface area contributed by atoms with Gasteiger partial charge in [0.15, 0.2) is 5.44 Å². The molecule has 9 heteroatoms. The standard InChI is InChI=1S/C11H9Cl4NO3S/c1-3-19-5(2)20(17,18)11-9(14)7(12)6(4-16)8(13)10(11)15/h5H,3H2,1-2H3. The third-order valence-corrected chi connectivity index (χ3v) is 6.37. The molecule has 1 aromatic carbocycles.